The van der Waals surface area contributed by atoms with E-state index in [1.807, 2.05) is 12.1 Å². The molecule has 1 aliphatic heterocycles. The summed E-state index contributed by atoms with van der Waals surface area (Å²) in [5, 5.41) is 0.669. The molecule has 3 rings (SSSR count). The Morgan fingerprint density at radius 2 is 1.88 bits per heavy atom. The summed E-state index contributed by atoms with van der Waals surface area (Å²) in [5.41, 5.74) is 2.66. The van der Waals surface area contributed by atoms with Gasteiger partial charge in [0.05, 0.1) is 6.61 Å². The van der Waals surface area contributed by atoms with Crippen LogP contribution in [-0.2, 0) is 6.42 Å². The van der Waals surface area contributed by atoms with Gasteiger partial charge in [-0.05, 0) is 29.8 Å². The Balaban J connectivity index is 2.17. The van der Waals surface area contributed by atoms with E-state index >= 15 is 0 Å². The van der Waals surface area contributed by atoms with E-state index in [2.05, 4.69) is 0 Å². The van der Waals surface area contributed by atoms with Crippen LogP contribution in [0.4, 0.5) is 4.39 Å². The van der Waals surface area contributed by atoms with Crippen LogP contribution in [0.15, 0.2) is 36.4 Å². The minimum absolute atomic E-state index is 0.223. The first-order chi connectivity index (χ1) is 8.24. The average Bonchev–Trinajstić information content (AvgIpc) is 2.77. The summed E-state index contributed by atoms with van der Waals surface area (Å²) >= 11 is 5.84. The van der Waals surface area contributed by atoms with Gasteiger partial charge in [-0.3, -0.25) is 0 Å². The van der Waals surface area contributed by atoms with E-state index in [1.165, 1.54) is 6.07 Å². The molecule has 1 aliphatic rings. The predicted molar refractivity (Wildman–Crippen MR) is 66.0 cm³/mol. The van der Waals surface area contributed by atoms with E-state index in [0.29, 0.717) is 11.6 Å². The highest BCUT2D eigenvalue weighted by molar-refractivity contribution is 6.30. The summed E-state index contributed by atoms with van der Waals surface area (Å²) in [4.78, 5) is 0. The second kappa shape index (κ2) is 4.04. The summed E-state index contributed by atoms with van der Waals surface area (Å²) in [7, 11) is 0. The zero-order valence-corrected chi connectivity index (χ0v) is 9.80. The molecule has 0 fully saturated rings. The van der Waals surface area contributed by atoms with Crippen LogP contribution in [0.3, 0.4) is 0 Å². The number of benzene rings is 2. The van der Waals surface area contributed by atoms with Gasteiger partial charge in [-0.1, -0.05) is 23.7 Å². The number of hydrogen-bond acceptors (Lipinski definition) is 1. The molecule has 0 amide bonds. The fraction of sp³-hybridized carbons (Fsp3) is 0.143. The van der Waals surface area contributed by atoms with Crippen LogP contribution in [-0.4, -0.2) is 6.61 Å². The summed E-state index contributed by atoms with van der Waals surface area (Å²) in [6.45, 7) is 0.624. The zero-order valence-electron chi connectivity index (χ0n) is 9.04. The molecule has 0 N–H and O–H groups in total. The third kappa shape index (κ3) is 1.89. The van der Waals surface area contributed by atoms with E-state index in [1.54, 1.807) is 18.2 Å². The van der Waals surface area contributed by atoms with Gasteiger partial charge in [-0.25, -0.2) is 4.39 Å². The van der Waals surface area contributed by atoms with E-state index in [-0.39, 0.29) is 5.82 Å². The number of rotatable bonds is 1. The molecule has 1 nitrogen and oxygen atoms in total. The van der Waals surface area contributed by atoms with Gasteiger partial charge >= 0.3 is 0 Å². The molecule has 0 saturated carbocycles. The zero-order chi connectivity index (χ0) is 11.8. The number of hydrogen-bond donors (Lipinski definition) is 0. The van der Waals surface area contributed by atoms with Gasteiger partial charge in [0, 0.05) is 22.6 Å². The average molecular weight is 249 g/mol. The van der Waals surface area contributed by atoms with Crippen molar-refractivity contribution < 1.29 is 9.13 Å². The van der Waals surface area contributed by atoms with Crippen molar-refractivity contribution in [1.82, 2.24) is 0 Å². The lowest BCUT2D eigenvalue weighted by molar-refractivity contribution is 0.358. The second-order valence-electron chi connectivity index (χ2n) is 4.05. The normalized spacial score (nSPS) is 13.3. The first-order valence-corrected chi connectivity index (χ1v) is 5.83. The molecule has 2 aromatic carbocycles. The molecular weight excluding hydrogens is 239 g/mol. The lowest BCUT2D eigenvalue weighted by Gasteiger charge is -2.08. The molecule has 0 unspecified atom stereocenters. The number of fused-ring (bicyclic) bond motifs is 1. The lowest BCUT2D eigenvalue weighted by Crippen LogP contribution is -1.89. The van der Waals surface area contributed by atoms with Crippen LogP contribution in [0.1, 0.15) is 5.56 Å². The van der Waals surface area contributed by atoms with Crippen molar-refractivity contribution in [3.05, 3.63) is 52.8 Å². The van der Waals surface area contributed by atoms with Gasteiger partial charge in [0.2, 0.25) is 0 Å². The highest BCUT2D eigenvalue weighted by Crippen LogP contribution is 2.37. The maximum atomic E-state index is 13.5. The quantitative estimate of drug-likeness (QED) is 0.739. The monoisotopic (exact) mass is 248 g/mol. The summed E-state index contributed by atoms with van der Waals surface area (Å²) in [5.74, 6) is 0.577. The molecule has 0 aromatic heterocycles. The first-order valence-electron chi connectivity index (χ1n) is 5.45. The molecule has 0 spiro atoms. The predicted octanol–water partition coefficient (Wildman–Crippen LogP) is 4.08. The van der Waals surface area contributed by atoms with Crippen LogP contribution in [0, 0.1) is 5.82 Å². The van der Waals surface area contributed by atoms with E-state index in [9.17, 15) is 4.39 Å². The van der Waals surface area contributed by atoms with Gasteiger partial charge < -0.3 is 4.74 Å². The molecule has 3 heteroatoms. The van der Waals surface area contributed by atoms with Crippen LogP contribution >= 0.6 is 11.6 Å². The smallest absolute Gasteiger partial charge is 0.130 e. The van der Waals surface area contributed by atoms with Gasteiger partial charge in [0.1, 0.15) is 11.6 Å². The lowest BCUT2D eigenvalue weighted by atomic mass is 10.0. The fourth-order valence-electron chi connectivity index (χ4n) is 2.11. The molecule has 2 aromatic rings. The Morgan fingerprint density at radius 3 is 2.65 bits per heavy atom. The molecule has 0 saturated heterocycles. The fourth-order valence-corrected chi connectivity index (χ4v) is 2.24. The third-order valence-electron chi connectivity index (χ3n) is 2.90. The van der Waals surface area contributed by atoms with Crippen LogP contribution in [0.25, 0.3) is 11.1 Å². The Bertz CT molecular complexity index is 563. The molecular formula is C14H10ClFO. The Hall–Kier alpha value is -1.54. The van der Waals surface area contributed by atoms with Crippen LogP contribution < -0.4 is 4.74 Å². The van der Waals surface area contributed by atoms with Crippen molar-refractivity contribution in [3.63, 3.8) is 0 Å². The molecule has 0 aliphatic carbocycles. The summed E-state index contributed by atoms with van der Waals surface area (Å²) in [6, 6.07) is 10.4. The molecule has 17 heavy (non-hydrogen) atoms. The molecule has 86 valence electrons. The summed E-state index contributed by atoms with van der Waals surface area (Å²) < 4.78 is 19.1. The van der Waals surface area contributed by atoms with Crippen molar-refractivity contribution in [2.24, 2.45) is 0 Å². The second-order valence-corrected chi connectivity index (χ2v) is 4.48. The number of halogens is 2. The number of ether oxygens (including phenoxy) is 1. The Morgan fingerprint density at radius 1 is 1.12 bits per heavy atom. The van der Waals surface area contributed by atoms with Gasteiger partial charge in [-0.2, -0.15) is 0 Å². The van der Waals surface area contributed by atoms with Crippen LogP contribution in [0.2, 0.25) is 5.02 Å². The summed E-state index contributed by atoms with van der Waals surface area (Å²) in [6.07, 6.45) is 0.772. The SMILES string of the molecule is Fc1cc2c(c(-c3ccc(Cl)cc3)c1)OCC2. The largest absolute Gasteiger partial charge is 0.492 e. The van der Waals surface area contributed by atoms with Gasteiger partial charge in [0.25, 0.3) is 0 Å². The molecule has 0 bridgehead atoms. The van der Waals surface area contributed by atoms with Crippen LogP contribution in [0.5, 0.6) is 5.75 Å². The first kappa shape index (κ1) is 10.6. The molecule has 0 radical (unpaired) electrons. The maximum Gasteiger partial charge on any atom is 0.130 e. The van der Waals surface area contributed by atoms with Crippen molar-refractivity contribution in [2.45, 2.75) is 6.42 Å². The van der Waals surface area contributed by atoms with E-state index in [0.717, 1.165) is 28.9 Å². The van der Waals surface area contributed by atoms with E-state index in [4.69, 9.17) is 16.3 Å². The third-order valence-corrected chi connectivity index (χ3v) is 3.16. The molecule has 1 heterocycles. The minimum atomic E-state index is -0.223. The highest BCUT2D eigenvalue weighted by atomic mass is 35.5. The van der Waals surface area contributed by atoms with Crippen molar-refractivity contribution in [1.29, 1.82) is 0 Å². The Kier molecular flexibility index (Phi) is 2.52. The van der Waals surface area contributed by atoms with Crippen molar-refractivity contribution in [3.8, 4) is 16.9 Å². The maximum absolute atomic E-state index is 13.5. The minimum Gasteiger partial charge on any atom is -0.492 e. The van der Waals surface area contributed by atoms with E-state index < -0.39 is 0 Å². The highest BCUT2D eigenvalue weighted by Gasteiger charge is 2.18. The van der Waals surface area contributed by atoms with Crippen molar-refractivity contribution in [2.75, 3.05) is 6.61 Å². The Labute approximate surface area is 104 Å². The topological polar surface area (TPSA) is 9.23 Å². The molecule has 0 atom stereocenters. The standard InChI is InChI=1S/C14H10ClFO/c15-11-3-1-9(2-4-11)13-8-12(16)7-10-5-6-17-14(10)13/h1-4,7-8H,5-6H2. The van der Waals surface area contributed by atoms with Gasteiger partial charge in [0.15, 0.2) is 0 Å². The van der Waals surface area contributed by atoms with Gasteiger partial charge in [-0.15, -0.1) is 0 Å². The van der Waals surface area contributed by atoms with Crippen molar-refractivity contribution >= 4 is 11.6 Å².